The van der Waals surface area contributed by atoms with Crippen molar-refractivity contribution in [1.82, 2.24) is 0 Å². The number of benzene rings is 1. The monoisotopic (exact) mass is 308 g/mol. The molecular formula is C22H30N+. The standard InChI is InChI=1S/C22H30N/c1-14-10-15(2)19-13-20(16(3)11-18(14)19)21-12-17(22(4,5)6)8-9-23(21)7/h8-9,11-15H,10H2,1-7H3/q+1. The molecule has 1 aliphatic rings. The van der Waals surface area contributed by atoms with Crippen LogP contribution in [0.1, 0.15) is 75.1 Å². The van der Waals surface area contributed by atoms with E-state index in [2.05, 4.69) is 83.6 Å². The zero-order chi connectivity index (χ0) is 16.9. The predicted octanol–water partition coefficient (Wildman–Crippen LogP) is 5.39. The van der Waals surface area contributed by atoms with Crippen molar-refractivity contribution < 1.29 is 4.57 Å². The van der Waals surface area contributed by atoms with E-state index in [4.69, 9.17) is 0 Å². The van der Waals surface area contributed by atoms with Crippen molar-refractivity contribution in [3.63, 3.8) is 0 Å². The Balaban J connectivity index is 2.18. The van der Waals surface area contributed by atoms with Crippen LogP contribution < -0.4 is 4.57 Å². The molecule has 1 nitrogen and oxygen atoms in total. The van der Waals surface area contributed by atoms with Gasteiger partial charge in [0, 0.05) is 17.7 Å². The molecule has 1 heteroatoms. The number of hydrogen-bond acceptors (Lipinski definition) is 0. The van der Waals surface area contributed by atoms with Gasteiger partial charge in [0.1, 0.15) is 7.05 Å². The zero-order valence-electron chi connectivity index (χ0n) is 15.7. The van der Waals surface area contributed by atoms with E-state index in [0.717, 1.165) is 0 Å². The molecule has 2 aromatic rings. The maximum Gasteiger partial charge on any atom is 0.212 e. The van der Waals surface area contributed by atoms with Crippen molar-refractivity contribution in [2.45, 2.75) is 65.2 Å². The Morgan fingerprint density at radius 2 is 1.61 bits per heavy atom. The van der Waals surface area contributed by atoms with Crippen molar-refractivity contribution in [2.24, 2.45) is 7.05 Å². The van der Waals surface area contributed by atoms with Gasteiger partial charge in [-0.15, -0.1) is 0 Å². The SMILES string of the molecule is Cc1cc2c(cc1-c1cc(C(C)(C)C)cc[n+]1C)C(C)CC2C. The quantitative estimate of drug-likeness (QED) is 0.621. The minimum Gasteiger partial charge on any atom is -0.201 e. The molecule has 0 bridgehead atoms. The van der Waals surface area contributed by atoms with Gasteiger partial charge in [0.15, 0.2) is 6.20 Å². The predicted molar refractivity (Wildman–Crippen MR) is 97.9 cm³/mol. The number of fused-ring (bicyclic) bond motifs is 1. The molecule has 0 N–H and O–H groups in total. The number of aryl methyl sites for hydroxylation is 2. The first-order chi connectivity index (χ1) is 10.7. The second-order valence-electron chi connectivity index (χ2n) is 8.50. The summed E-state index contributed by atoms with van der Waals surface area (Å²) >= 11 is 0. The molecule has 1 aliphatic carbocycles. The minimum absolute atomic E-state index is 0.176. The molecule has 1 aromatic carbocycles. The summed E-state index contributed by atoms with van der Waals surface area (Å²) in [5.41, 5.74) is 8.80. The van der Waals surface area contributed by atoms with Gasteiger partial charge in [-0.05, 0) is 58.9 Å². The van der Waals surface area contributed by atoms with Crippen LogP contribution in [-0.2, 0) is 12.5 Å². The van der Waals surface area contributed by atoms with E-state index < -0.39 is 0 Å². The average Bonchev–Trinajstić information content (AvgIpc) is 2.72. The van der Waals surface area contributed by atoms with Crippen LogP contribution in [0, 0.1) is 6.92 Å². The largest absolute Gasteiger partial charge is 0.212 e. The van der Waals surface area contributed by atoms with Crippen molar-refractivity contribution >= 4 is 0 Å². The third-order valence-electron chi connectivity index (χ3n) is 5.49. The molecule has 0 fully saturated rings. The van der Waals surface area contributed by atoms with E-state index >= 15 is 0 Å². The van der Waals surface area contributed by atoms with E-state index in [0.29, 0.717) is 11.8 Å². The normalized spacial score (nSPS) is 20.7. The van der Waals surface area contributed by atoms with E-state index in [1.54, 1.807) is 11.1 Å². The van der Waals surface area contributed by atoms with Gasteiger partial charge in [-0.3, -0.25) is 0 Å². The van der Waals surface area contributed by atoms with Gasteiger partial charge in [-0.25, -0.2) is 4.57 Å². The van der Waals surface area contributed by atoms with Crippen molar-refractivity contribution in [3.05, 3.63) is 52.7 Å². The number of aromatic nitrogens is 1. The number of hydrogen-bond donors (Lipinski definition) is 0. The highest BCUT2D eigenvalue weighted by molar-refractivity contribution is 5.65. The van der Waals surface area contributed by atoms with Crippen molar-refractivity contribution in [2.75, 3.05) is 0 Å². The number of pyridine rings is 1. The Morgan fingerprint density at radius 1 is 1.00 bits per heavy atom. The highest BCUT2D eigenvalue weighted by Gasteiger charge is 2.28. The molecule has 2 atom stereocenters. The van der Waals surface area contributed by atoms with Crippen molar-refractivity contribution in [3.8, 4) is 11.3 Å². The van der Waals surface area contributed by atoms with Crippen molar-refractivity contribution in [1.29, 1.82) is 0 Å². The lowest BCUT2D eigenvalue weighted by molar-refractivity contribution is -0.660. The van der Waals surface area contributed by atoms with Gasteiger partial charge < -0.3 is 0 Å². The minimum atomic E-state index is 0.176. The Morgan fingerprint density at radius 3 is 2.22 bits per heavy atom. The van der Waals surface area contributed by atoms with Crippen LogP contribution in [0.4, 0.5) is 0 Å². The number of rotatable bonds is 1. The third-order valence-corrected chi connectivity index (χ3v) is 5.49. The molecule has 0 aliphatic heterocycles. The van der Waals surface area contributed by atoms with Crippen LogP contribution in [-0.4, -0.2) is 0 Å². The van der Waals surface area contributed by atoms with E-state index in [9.17, 15) is 0 Å². The molecule has 23 heavy (non-hydrogen) atoms. The van der Waals surface area contributed by atoms with Crippen LogP contribution >= 0.6 is 0 Å². The van der Waals surface area contributed by atoms with Gasteiger partial charge in [0.05, 0.1) is 0 Å². The van der Waals surface area contributed by atoms with Gasteiger partial charge in [0.2, 0.25) is 5.69 Å². The molecule has 2 unspecified atom stereocenters. The Bertz CT molecular complexity index is 749. The summed E-state index contributed by atoms with van der Waals surface area (Å²) in [5, 5.41) is 0. The molecule has 0 amide bonds. The van der Waals surface area contributed by atoms with Gasteiger partial charge >= 0.3 is 0 Å². The fourth-order valence-electron chi connectivity index (χ4n) is 3.96. The maximum atomic E-state index is 2.46. The summed E-state index contributed by atoms with van der Waals surface area (Å²) in [5.74, 6) is 1.37. The second kappa shape index (κ2) is 5.47. The summed E-state index contributed by atoms with van der Waals surface area (Å²) in [6.07, 6.45) is 3.49. The molecule has 122 valence electrons. The molecule has 1 heterocycles. The fraction of sp³-hybridized carbons (Fsp3) is 0.500. The van der Waals surface area contributed by atoms with Crippen LogP contribution in [0.25, 0.3) is 11.3 Å². The van der Waals surface area contributed by atoms with Gasteiger partial charge in [-0.2, -0.15) is 0 Å². The zero-order valence-corrected chi connectivity index (χ0v) is 15.7. The average molecular weight is 308 g/mol. The molecule has 0 spiro atoms. The third kappa shape index (κ3) is 2.82. The Kier molecular flexibility index (Phi) is 3.86. The van der Waals surface area contributed by atoms with Crippen LogP contribution in [0.5, 0.6) is 0 Å². The Labute approximate surface area is 141 Å². The first-order valence-corrected chi connectivity index (χ1v) is 8.83. The van der Waals surface area contributed by atoms with E-state index in [-0.39, 0.29) is 5.41 Å². The lowest BCUT2D eigenvalue weighted by atomic mass is 9.86. The highest BCUT2D eigenvalue weighted by atomic mass is 14.9. The second-order valence-corrected chi connectivity index (χ2v) is 8.50. The molecular weight excluding hydrogens is 278 g/mol. The fourth-order valence-corrected chi connectivity index (χ4v) is 3.96. The molecule has 0 saturated heterocycles. The molecule has 0 saturated carbocycles. The summed E-state index contributed by atoms with van der Waals surface area (Å²) in [7, 11) is 2.15. The highest BCUT2D eigenvalue weighted by Crippen LogP contribution is 2.43. The molecule has 0 radical (unpaired) electrons. The summed E-state index contributed by atoms with van der Waals surface area (Å²) in [6.45, 7) is 13.8. The van der Waals surface area contributed by atoms with Gasteiger partial charge in [-0.1, -0.05) is 40.7 Å². The van der Waals surface area contributed by atoms with Gasteiger partial charge in [0.25, 0.3) is 0 Å². The van der Waals surface area contributed by atoms with E-state index in [1.165, 1.54) is 28.8 Å². The summed E-state index contributed by atoms with van der Waals surface area (Å²) in [6, 6.07) is 9.51. The van der Waals surface area contributed by atoms with E-state index in [1.807, 2.05) is 0 Å². The van der Waals surface area contributed by atoms with Crippen LogP contribution in [0.15, 0.2) is 30.5 Å². The molecule has 1 aromatic heterocycles. The smallest absolute Gasteiger partial charge is 0.201 e. The number of nitrogens with zero attached hydrogens (tertiary/aromatic N) is 1. The molecule has 3 rings (SSSR count). The first-order valence-electron chi connectivity index (χ1n) is 8.83. The first kappa shape index (κ1) is 16.2. The topological polar surface area (TPSA) is 3.88 Å². The lowest BCUT2D eigenvalue weighted by Crippen LogP contribution is -2.32. The van der Waals surface area contributed by atoms with Crippen LogP contribution in [0.2, 0.25) is 0 Å². The van der Waals surface area contributed by atoms with Crippen LogP contribution in [0.3, 0.4) is 0 Å². The lowest BCUT2D eigenvalue weighted by Gasteiger charge is -2.19. The Hall–Kier alpha value is -1.63. The maximum absolute atomic E-state index is 2.46. The summed E-state index contributed by atoms with van der Waals surface area (Å²) in [4.78, 5) is 0. The summed E-state index contributed by atoms with van der Waals surface area (Å²) < 4.78 is 2.26.